The SMILES string of the molecule is CC(C)(C)[Si](C)(C)OCc1cc(Br)ccn1.OCc1cc(Br)ccn1. The second-order valence-electron chi connectivity index (χ2n) is 7.14. The zero-order chi connectivity index (χ0) is 19.1. The van der Waals surface area contributed by atoms with Crippen molar-refractivity contribution in [3.8, 4) is 0 Å². The van der Waals surface area contributed by atoms with Gasteiger partial charge in [0.15, 0.2) is 8.32 Å². The predicted octanol–water partition coefficient (Wildman–Crippen LogP) is 5.70. The lowest BCUT2D eigenvalue weighted by atomic mass is 10.2. The summed E-state index contributed by atoms with van der Waals surface area (Å²) >= 11 is 6.69. The van der Waals surface area contributed by atoms with Gasteiger partial charge in [0.2, 0.25) is 0 Å². The number of aliphatic hydroxyl groups is 1. The summed E-state index contributed by atoms with van der Waals surface area (Å²) in [6.45, 7) is 11.8. The zero-order valence-electron chi connectivity index (χ0n) is 15.4. The van der Waals surface area contributed by atoms with E-state index in [1.165, 1.54) is 0 Å². The molecule has 0 radical (unpaired) electrons. The van der Waals surface area contributed by atoms with Gasteiger partial charge in [-0.25, -0.2) is 0 Å². The predicted molar refractivity (Wildman–Crippen MR) is 112 cm³/mol. The molecule has 2 aromatic rings. The lowest BCUT2D eigenvalue weighted by Gasteiger charge is -2.36. The number of nitrogens with zero attached hydrogens (tertiary/aromatic N) is 2. The van der Waals surface area contributed by atoms with Crippen LogP contribution in [0, 0.1) is 0 Å². The Morgan fingerprint density at radius 1 is 1.00 bits per heavy atom. The average Bonchev–Trinajstić information content (AvgIpc) is 2.53. The Bertz CT molecular complexity index is 676. The van der Waals surface area contributed by atoms with Crippen LogP contribution in [-0.2, 0) is 17.6 Å². The van der Waals surface area contributed by atoms with Crippen molar-refractivity contribution in [3.05, 3.63) is 57.0 Å². The first-order valence-corrected chi connectivity index (χ1v) is 12.5. The Hall–Kier alpha value is -0.603. The Morgan fingerprint density at radius 2 is 1.48 bits per heavy atom. The highest BCUT2D eigenvalue weighted by molar-refractivity contribution is 9.10. The van der Waals surface area contributed by atoms with Crippen LogP contribution in [0.25, 0.3) is 0 Å². The van der Waals surface area contributed by atoms with Crippen LogP contribution in [0.4, 0.5) is 0 Å². The zero-order valence-corrected chi connectivity index (χ0v) is 19.6. The van der Waals surface area contributed by atoms with E-state index in [9.17, 15) is 0 Å². The third-order valence-electron chi connectivity index (χ3n) is 4.11. The summed E-state index contributed by atoms with van der Waals surface area (Å²) in [6.07, 6.45) is 3.45. The van der Waals surface area contributed by atoms with Gasteiger partial charge >= 0.3 is 0 Å². The number of hydrogen-bond acceptors (Lipinski definition) is 4. The minimum Gasteiger partial charge on any atom is -0.411 e. The molecule has 2 rings (SSSR count). The molecule has 0 fully saturated rings. The van der Waals surface area contributed by atoms with E-state index in [1.807, 2.05) is 18.2 Å². The van der Waals surface area contributed by atoms with Crippen LogP contribution in [0.1, 0.15) is 32.2 Å². The van der Waals surface area contributed by atoms with E-state index in [2.05, 4.69) is 75.7 Å². The molecular formula is C18H26Br2N2O2Si. The maximum atomic E-state index is 8.58. The third-order valence-corrected chi connectivity index (χ3v) is 9.57. The summed E-state index contributed by atoms with van der Waals surface area (Å²) in [4.78, 5) is 8.17. The normalized spacial score (nSPS) is 11.7. The number of aliphatic hydroxyl groups excluding tert-OH is 1. The van der Waals surface area contributed by atoms with Crippen LogP contribution in [0.2, 0.25) is 18.1 Å². The van der Waals surface area contributed by atoms with Gasteiger partial charge in [-0.2, -0.15) is 0 Å². The number of rotatable bonds is 4. The van der Waals surface area contributed by atoms with Gasteiger partial charge in [-0.05, 0) is 42.4 Å². The number of pyridine rings is 2. The molecule has 0 atom stereocenters. The molecule has 25 heavy (non-hydrogen) atoms. The van der Waals surface area contributed by atoms with Crippen molar-refractivity contribution in [2.45, 2.75) is 52.1 Å². The minimum atomic E-state index is -1.66. The fraction of sp³-hybridized carbons (Fsp3) is 0.444. The molecule has 4 nitrogen and oxygen atoms in total. The number of aromatic nitrogens is 2. The summed E-state index contributed by atoms with van der Waals surface area (Å²) in [5, 5.41) is 8.83. The Balaban J connectivity index is 0.000000293. The maximum absolute atomic E-state index is 8.58. The van der Waals surface area contributed by atoms with Crippen LogP contribution in [-0.4, -0.2) is 23.4 Å². The van der Waals surface area contributed by atoms with Gasteiger partial charge < -0.3 is 9.53 Å². The van der Waals surface area contributed by atoms with Gasteiger partial charge in [0.1, 0.15) is 0 Å². The van der Waals surface area contributed by atoms with E-state index in [-0.39, 0.29) is 11.6 Å². The van der Waals surface area contributed by atoms with Crippen molar-refractivity contribution in [2.75, 3.05) is 0 Å². The lowest BCUT2D eigenvalue weighted by Crippen LogP contribution is -2.40. The highest BCUT2D eigenvalue weighted by Gasteiger charge is 2.37. The Kier molecular flexibility index (Phi) is 8.90. The number of halogens is 2. The maximum Gasteiger partial charge on any atom is 0.192 e. The van der Waals surface area contributed by atoms with Gasteiger partial charge in [-0.3, -0.25) is 9.97 Å². The summed E-state index contributed by atoms with van der Waals surface area (Å²) in [6, 6.07) is 7.53. The molecule has 0 bridgehead atoms. The summed E-state index contributed by atoms with van der Waals surface area (Å²) < 4.78 is 8.09. The van der Waals surface area contributed by atoms with Crippen LogP contribution >= 0.6 is 31.9 Å². The smallest absolute Gasteiger partial charge is 0.192 e. The van der Waals surface area contributed by atoms with Gasteiger partial charge in [-0.1, -0.05) is 52.6 Å². The van der Waals surface area contributed by atoms with Gasteiger partial charge in [0, 0.05) is 21.3 Å². The van der Waals surface area contributed by atoms with Crippen molar-refractivity contribution < 1.29 is 9.53 Å². The molecule has 0 saturated carbocycles. The van der Waals surface area contributed by atoms with Crippen molar-refractivity contribution in [1.29, 1.82) is 0 Å². The second kappa shape index (κ2) is 9.92. The number of hydrogen-bond donors (Lipinski definition) is 1. The topological polar surface area (TPSA) is 55.2 Å². The Labute approximate surface area is 168 Å². The van der Waals surface area contributed by atoms with Crippen LogP contribution < -0.4 is 0 Å². The molecule has 0 aliphatic heterocycles. The molecule has 0 aliphatic carbocycles. The first kappa shape index (κ1) is 22.4. The summed E-state index contributed by atoms with van der Waals surface area (Å²) in [5.41, 5.74) is 1.67. The van der Waals surface area contributed by atoms with Crippen molar-refractivity contribution in [3.63, 3.8) is 0 Å². The lowest BCUT2D eigenvalue weighted by molar-refractivity contribution is 0.272. The summed E-state index contributed by atoms with van der Waals surface area (Å²) in [5.74, 6) is 0. The van der Waals surface area contributed by atoms with E-state index in [4.69, 9.17) is 9.53 Å². The fourth-order valence-corrected chi connectivity index (χ4v) is 3.24. The van der Waals surface area contributed by atoms with Crippen LogP contribution in [0.15, 0.2) is 45.6 Å². The molecule has 0 aromatic carbocycles. The van der Waals surface area contributed by atoms with E-state index in [1.54, 1.807) is 18.5 Å². The van der Waals surface area contributed by atoms with Gasteiger partial charge in [-0.15, -0.1) is 0 Å². The largest absolute Gasteiger partial charge is 0.411 e. The minimum absolute atomic E-state index is 0.000556. The molecule has 1 N–H and O–H groups in total. The van der Waals surface area contributed by atoms with Crippen LogP contribution in [0.5, 0.6) is 0 Å². The molecule has 2 heterocycles. The highest BCUT2D eigenvalue weighted by atomic mass is 79.9. The van der Waals surface area contributed by atoms with Crippen LogP contribution in [0.3, 0.4) is 0 Å². The van der Waals surface area contributed by atoms with Gasteiger partial charge in [0.25, 0.3) is 0 Å². The van der Waals surface area contributed by atoms with E-state index in [0.29, 0.717) is 12.3 Å². The van der Waals surface area contributed by atoms with E-state index >= 15 is 0 Å². The molecule has 0 amide bonds. The third kappa shape index (κ3) is 8.09. The first-order chi connectivity index (χ1) is 11.5. The average molecular weight is 490 g/mol. The Morgan fingerprint density at radius 3 is 1.88 bits per heavy atom. The molecule has 0 aliphatic rings. The molecule has 0 unspecified atom stereocenters. The second-order valence-corrected chi connectivity index (χ2v) is 13.8. The van der Waals surface area contributed by atoms with Crippen molar-refractivity contribution >= 4 is 40.2 Å². The van der Waals surface area contributed by atoms with E-state index in [0.717, 1.165) is 14.6 Å². The molecule has 7 heteroatoms. The standard InChI is InChI=1S/C12H20BrNOSi.C6H6BrNO/c1-12(2,3)16(4,5)15-9-11-8-10(13)6-7-14-11;7-5-1-2-8-6(3-5)4-9/h6-8H,9H2,1-5H3;1-3,9H,4H2. The van der Waals surface area contributed by atoms with Crippen molar-refractivity contribution in [1.82, 2.24) is 9.97 Å². The monoisotopic (exact) mass is 488 g/mol. The quantitative estimate of drug-likeness (QED) is 0.559. The van der Waals surface area contributed by atoms with E-state index < -0.39 is 8.32 Å². The fourth-order valence-electron chi connectivity index (χ4n) is 1.53. The summed E-state index contributed by atoms with van der Waals surface area (Å²) in [7, 11) is -1.66. The molecule has 0 saturated heterocycles. The molecule has 0 spiro atoms. The molecular weight excluding hydrogens is 464 g/mol. The van der Waals surface area contributed by atoms with Crippen molar-refractivity contribution in [2.24, 2.45) is 0 Å². The molecule has 138 valence electrons. The molecule has 2 aromatic heterocycles. The highest BCUT2D eigenvalue weighted by Crippen LogP contribution is 2.37. The first-order valence-electron chi connectivity index (χ1n) is 8.01. The van der Waals surface area contributed by atoms with Gasteiger partial charge in [0.05, 0.1) is 24.6 Å².